The van der Waals surface area contributed by atoms with Gasteiger partial charge in [-0.15, -0.1) is 0 Å². The zero-order valence-corrected chi connectivity index (χ0v) is 11.0. The average Bonchev–Trinajstić information content (AvgIpc) is 2.27. The predicted molar refractivity (Wildman–Crippen MR) is 69.2 cm³/mol. The highest BCUT2D eigenvalue weighted by atomic mass is 32.2. The first-order valence-electron chi connectivity index (χ1n) is 5.08. The lowest BCUT2D eigenvalue weighted by molar-refractivity contribution is 0.476. The van der Waals surface area contributed by atoms with Crippen LogP contribution in [0.15, 0.2) is 35.3 Å². The van der Waals surface area contributed by atoms with Gasteiger partial charge < -0.3 is 0 Å². The Bertz CT molecular complexity index is 493. The van der Waals surface area contributed by atoms with Crippen molar-refractivity contribution >= 4 is 16.2 Å². The van der Waals surface area contributed by atoms with Crippen LogP contribution in [0.1, 0.15) is 12.5 Å². The molecular weight excluding hydrogens is 238 g/mol. The Morgan fingerprint density at radius 1 is 1.29 bits per heavy atom. The van der Waals surface area contributed by atoms with E-state index in [1.807, 2.05) is 30.3 Å². The Morgan fingerprint density at radius 2 is 1.82 bits per heavy atom. The minimum atomic E-state index is -3.63. The smallest absolute Gasteiger partial charge is 0.253 e. The zero-order valence-electron chi connectivity index (χ0n) is 10.2. The Kier molecular flexibility index (Phi) is 4.03. The summed E-state index contributed by atoms with van der Waals surface area (Å²) < 4.78 is 24.8. The summed E-state index contributed by atoms with van der Waals surface area (Å²) in [6, 6.07) is 9.20. The molecule has 2 N–H and O–H groups in total. The van der Waals surface area contributed by atoms with Gasteiger partial charge >= 0.3 is 0 Å². The van der Waals surface area contributed by atoms with E-state index >= 15 is 0 Å². The third-order valence-corrected chi connectivity index (χ3v) is 4.38. The summed E-state index contributed by atoms with van der Waals surface area (Å²) in [4.78, 5) is 2.28. The van der Waals surface area contributed by atoms with E-state index in [0.717, 1.165) is 9.87 Å². The molecule has 0 spiro atoms. The van der Waals surface area contributed by atoms with Crippen molar-refractivity contribution in [2.24, 2.45) is 10.7 Å². The van der Waals surface area contributed by atoms with E-state index in [-0.39, 0.29) is 0 Å². The third kappa shape index (κ3) is 3.12. The van der Waals surface area contributed by atoms with E-state index in [2.05, 4.69) is 4.99 Å². The lowest BCUT2D eigenvalue weighted by atomic mass is 10.2. The fraction of sp³-hybridized carbons (Fsp3) is 0.364. The van der Waals surface area contributed by atoms with E-state index in [4.69, 9.17) is 5.73 Å². The molecule has 0 heterocycles. The van der Waals surface area contributed by atoms with Crippen molar-refractivity contribution < 1.29 is 8.42 Å². The second kappa shape index (κ2) is 4.95. The maximum atomic E-state index is 11.9. The van der Waals surface area contributed by atoms with Crippen LogP contribution in [0.2, 0.25) is 0 Å². The molecule has 6 heteroatoms. The summed E-state index contributed by atoms with van der Waals surface area (Å²) >= 11 is 0. The molecule has 94 valence electrons. The van der Waals surface area contributed by atoms with Crippen molar-refractivity contribution in [3.8, 4) is 0 Å². The topological polar surface area (TPSA) is 75.8 Å². The predicted octanol–water partition coefficient (Wildman–Crippen LogP) is 0.629. The number of hydrogen-bond donors (Lipinski definition) is 1. The minimum absolute atomic E-state index is 0.804. The van der Waals surface area contributed by atoms with Gasteiger partial charge in [-0.25, -0.2) is 12.7 Å². The SMILES string of the molecule is CN(C)S(=O)(=O)C(C)(N)N=Cc1ccccc1. The summed E-state index contributed by atoms with van der Waals surface area (Å²) in [5.41, 5.74) is 6.52. The highest BCUT2D eigenvalue weighted by Crippen LogP contribution is 2.14. The lowest BCUT2D eigenvalue weighted by Gasteiger charge is -2.24. The monoisotopic (exact) mass is 255 g/mol. The van der Waals surface area contributed by atoms with Crippen LogP contribution >= 0.6 is 0 Å². The second-order valence-corrected chi connectivity index (χ2v) is 6.52. The van der Waals surface area contributed by atoms with Crippen LogP contribution in [0.5, 0.6) is 0 Å². The van der Waals surface area contributed by atoms with Crippen LogP contribution in [0.3, 0.4) is 0 Å². The Hall–Kier alpha value is -1.24. The molecule has 0 amide bonds. The van der Waals surface area contributed by atoms with E-state index in [0.29, 0.717) is 0 Å². The van der Waals surface area contributed by atoms with Gasteiger partial charge in [0, 0.05) is 20.3 Å². The van der Waals surface area contributed by atoms with Gasteiger partial charge in [-0.1, -0.05) is 30.3 Å². The Balaban J connectivity index is 2.99. The number of sulfonamides is 1. The van der Waals surface area contributed by atoms with Crippen molar-refractivity contribution in [2.45, 2.75) is 11.9 Å². The molecule has 0 fully saturated rings. The summed E-state index contributed by atoms with van der Waals surface area (Å²) in [6.07, 6.45) is 1.46. The van der Waals surface area contributed by atoms with E-state index < -0.39 is 15.0 Å². The maximum absolute atomic E-state index is 11.9. The molecule has 0 aliphatic heterocycles. The second-order valence-electron chi connectivity index (χ2n) is 4.01. The fourth-order valence-corrected chi connectivity index (χ4v) is 2.10. The molecule has 1 atom stereocenters. The first-order valence-corrected chi connectivity index (χ1v) is 6.52. The van der Waals surface area contributed by atoms with Gasteiger partial charge in [0.2, 0.25) is 4.99 Å². The fourth-order valence-electron chi connectivity index (χ4n) is 1.18. The van der Waals surface area contributed by atoms with Crippen molar-refractivity contribution in [3.05, 3.63) is 35.9 Å². The van der Waals surface area contributed by atoms with Crippen LogP contribution in [-0.4, -0.2) is 38.0 Å². The Labute approximate surface area is 102 Å². The molecule has 0 radical (unpaired) electrons. The van der Waals surface area contributed by atoms with E-state index in [9.17, 15) is 8.42 Å². The van der Waals surface area contributed by atoms with Crippen LogP contribution < -0.4 is 5.73 Å². The molecule has 0 aromatic heterocycles. The first kappa shape index (κ1) is 13.8. The quantitative estimate of drug-likeness (QED) is 0.802. The third-order valence-electron chi connectivity index (χ3n) is 2.27. The number of nitrogens with zero attached hydrogens (tertiary/aromatic N) is 2. The van der Waals surface area contributed by atoms with Crippen molar-refractivity contribution in [1.29, 1.82) is 0 Å². The van der Waals surface area contributed by atoms with Crippen LogP contribution in [0, 0.1) is 0 Å². The standard InChI is InChI=1S/C11H17N3O2S/c1-11(12,17(15,16)14(2)3)13-9-10-7-5-4-6-8-10/h4-9H,12H2,1-3H3. The number of aliphatic imine (C=N–C) groups is 1. The van der Waals surface area contributed by atoms with Gasteiger partial charge in [0.1, 0.15) is 0 Å². The van der Waals surface area contributed by atoms with E-state index in [1.54, 1.807) is 0 Å². The van der Waals surface area contributed by atoms with Gasteiger partial charge in [-0.2, -0.15) is 0 Å². The molecule has 17 heavy (non-hydrogen) atoms. The van der Waals surface area contributed by atoms with Gasteiger partial charge in [0.05, 0.1) is 0 Å². The van der Waals surface area contributed by atoms with Crippen LogP contribution in [-0.2, 0) is 10.0 Å². The molecule has 0 saturated heterocycles. The first-order chi connectivity index (χ1) is 7.77. The number of benzene rings is 1. The molecule has 0 aliphatic rings. The summed E-state index contributed by atoms with van der Waals surface area (Å²) in [5, 5.41) is 0. The number of rotatable bonds is 4. The Morgan fingerprint density at radius 3 is 2.29 bits per heavy atom. The summed E-state index contributed by atoms with van der Waals surface area (Å²) in [5.74, 6) is 0. The van der Waals surface area contributed by atoms with Crippen LogP contribution in [0.25, 0.3) is 0 Å². The van der Waals surface area contributed by atoms with Gasteiger partial charge in [0.25, 0.3) is 10.0 Å². The maximum Gasteiger partial charge on any atom is 0.253 e. The van der Waals surface area contributed by atoms with Crippen molar-refractivity contribution in [2.75, 3.05) is 14.1 Å². The van der Waals surface area contributed by atoms with Gasteiger partial charge in [0.15, 0.2) is 0 Å². The van der Waals surface area contributed by atoms with Crippen molar-refractivity contribution in [1.82, 2.24) is 4.31 Å². The van der Waals surface area contributed by atoms with E-state index in [1.165, 1.54) is 27.2 Å². The molecule has 5 nitrogen and oxygen atoms in total. The lowest BCUT2D eigenvalue weighted by Crippen LogP contribution is -2.49. The molecule has 0 bridgehead atoms. The molecule has 1 unspecified atom stereocenters. The van der Waals surface area contributed by atoms with Gasteiger partial charge in [-0.05, 0) is 12.5 Å². The molecule has 1 rings (SSSR count). The highest BCUT2D eigenvalue weighted by Gasteiger charge is 2.36. The normalized spacial score (nSPS) is 16.3. The van der Waals surface area contributed by atoms with Crippen LogP contribution in [0.4, 0.5) is 0 Å². The molecule has 0 saturated carbocycles. The molecule has 0 aliphatic carbocycles. The number of hydrogen-bond acceptors (Lipinski definition) is 4. The minimum Gasteiger partial charge on any atom is -0.293 e. The molecule has 1 aromatic carbocycles. The number of nitrogens with two attached hydrogens (primary N) is 1. The largest absolute Gasteiger partial charge is 0.293 e. The highest BCUT2D eigenvalue weighted by molar-refractivity contribution is 7.90. The summed E-state index contributed by atoms with van der Waals surface area (Å²) in [6.45, 7) is 1.36. The molecule has 1 aromatic rings. The summed E-state index contributed by atoms with van der Waals surface area (Å²) in [7, 11) is -0.775. The van der Waals surface area contributed by atoms with Gasteiger partial charge in [-0.3, -0.25) is 10.7 Å². The average molecular weight is 255 g/mol. The van der Waals surface area contributed by atoms with Crippen molar-refractivity contribution in [3.63, 3.8) is 0 Å². The zero-order chi connectivity index (χ0) is 13.1. The molecular formula is C11H17N3O2S.